The van der Waals surface area contributed by atoms with Crippen LogP contribution in [0.25, 0.3) is 5.69 Å². The Hall–Kier alpha value is -1.88. The molecule has 0 radical (unpaired) electrons. The summed E-state index contributed by atoms with van der Waals surface area (Å²) in [5, 5.41) is 10.9. The molecule has 1 N–H and O–H groups in total. The van der Waals surface area contributed by atoms with E-state index in [0.717, 1.165) is 13.1 Å². The SMILES string of the molecule is CC(C)C(CNS(=O)(=O)c1cccc(-n2cnnn2)c1)N1CCOCC1. The summed E-state index contributed by atoms with van der Waals surface area (Å²) < 4.78 is 35.1. The van der Waals surface area contributed by atoms with Crippen LogP contribution in [0.2, 0.25) is 0 Å². The van der Waals surface area contributed by atoms with Crippen LogP contribution in [0.5, 0.6) is 0 Å². The highest BCUT2D eigenvalue weighted by molar-refractivity contribution is 7.89. The molecule has 3 rings (SSSR count). The molecular formula is C16H24N6O3S. The minimum atomic E-state index is -3.63. The minimum absolute atomic E-state index is 0.122. The summed E-state index contributed by atoms with van der Waals surface area (Å²) in [5.41, 5.74) is 0.589. The molecule has 26 heavy (non-hydrogen) atoms. The number of rotatable bonds is 7. The molecule has 1 aromatic heterocycles. The van der Waals surface area contributed by atoms with E-state index < -0.39 is 10.0 Å². The molecule has 10 heteroatoms. The second-order valence-corrected chi connectivity index (χ2v) is 8.33. The molecule has 1 aromatic carbocycles. The first kappa shape index (κ1) is 18.9. The van der Waals surface area contributed by atoms with Gasteiger partial charge in [0, 0.05) is 25.7 Å². The number of morpholine rings is 1. The zero-order chi connectivity index (χ0) is 18.6. The number of benzene rings is 1. The Balaban J connectivity index is 1.72. The molecule has 1 aliphatic rings. The molecule has 142 valence electrons. The highest BCUT2D eigenvalue weighted by atomic mass is 32.2. The molecular weight excluding hydrogens is 356 g/mol. The lowest BCUT2D eigenvalue weighted by molar-refractivity contribution is 0.00776. The molecule has 0 saturated carbocycles. The van der Waals surface area contributed by atoms with E-state index in [2.05, 4.69) is 39.0 Å². The maximum Gasteiger partial charge on any atom is 0.240 e. The minimum Gasteiger partial charge on any atom is -0.379 e. The van der Waals surface area contributed by atoms with Crippen molar-refractivity contribution in [1.29, 1.82) is 0 Å². The van der Waals surface area contributed by atoms with Crippen LogP contribution in [0.15, 0.2) is 35.5 Å². The maximum absolute atomic E-state index is 12.7. The molecule has 1 fully saturated rings. The van der Waals surface area contributed by atoms with Gasteiger partial charge in [-0.15, -0.1) is 5.10 Å². The zero-order valence-corrected chi connectivity index (χ0v) is 15.8. The Morgan fingerprint density at radius 1 is 1.27 bits per heavy atom. The summed E-state index contributed by atoms with van der Waals surface area (Å²) in [5.74, 6) is 0.323. The topological polar surface area (TPSA) is 102 Å². The molecule has 0 aliphatic carbocycles. The van der Waals surface area contributed by atoms with Gasteiger partial charge in [0.15, 0.2) is 0 Å². The highest BCUT2D eigenvalue weighted by Crippen LogP contribution is 2.16. The van der Waals surface area contributed by atoms with E-state index in [4.69, 9.17) is 4.74 Å². The Morgan fingerprint density at radius 3 is 2.69 bits per heavy atom. The lowest BCUT2D eigenvalue weighted by atomic mass is 10.0. The second-order valence-electron chi connectivity index (χ2n) is 6.56. The predicted octanol–water partition coefficient (Wildman–Crippen LogP) is 0.297. The van der Waals surface area contributed by atoms with Crippen molar-refractivity contribution in [3.63, 3.8) is 0 Å². The van der Waals surface area contributed by atoms with Gasteiger partial charge < -0.3 is 4.74 Å². The Morgan fingerprint density at radius 2 is 2.04 bits per heavy atom. The summed E-state index contributed by atoms with van der Waals surface area (Å²) in [4.78, 5) is 2.48. The number of aromatic nitrogens is 4. The van der Waals surface area contributed by atoms with Gasteiger partial charge in [-0.05, 0) is 34.5 Å². The summed E-state index contributed by atoms with van der Waals surface area (Å²) in [6.45, 7) is 7.57. The quantitative estimate of drug-likeness (QED) is 0.737. The van der Waals surface area contributed by atoms with Crippen molar-refractivity contribution in [2.75, 3.05) is 32.8 Å². The van der Waals surface area contributed by atoms with Crippen LogP contribution in [0.3, 0.4) is 0 Å². The molecule has 0 amide bonds. The van der Waals surface area contributed by atoms with Gasteiger partial charge in [-0.25, -0.2) is 17.8 Å². The Labute approximate surface area is 153 Å². The average Bonchev–Trinajstić information content (AvgIpc) is 3.17. The van der Waals surface area contributed by atoms with Crippen molar-refractivity contribution in [2.45, 2.75) is 24.8 Å². The van der Waals surface area contributed by atoms with Crippen LogP contribution in [-0.4, -0.2) is 72.4 Å². The first-order valence-electron chi connectivity index (χ1n) is 8.62. The molecule has 0 bridgehead atoms. The number of ether oxygens (including phenoxy) is 1. The highest BCUT2D eigenvalue weighted by Gasteiger charge is 2.26. The molecule has 2 heterocycles. The van der Waals surface area contributed by atoms with E-state index in [1.165, 1.54) is 11.0 Å². The van der Waals surface area contributed by atoms with E-state index in [9.17, 15) is 8.42 Å². The van der Waals surface area contributed by atoms with Crippen molar-refractivity contribution in [2.24, 2.45) is 5.92 Å². The van der Waals surface area contributed by atoms with Crippen molar-refractivity contribution >= 4 is 10.0 Å². The fourth-order valence-corrected chi connectivity index (χ4v) is 4.14. The van der Waals surface area contributed by atoms with Gasteiger partial charge in [0.05, 0.1) is 23.8 Å². The summed E-state index contributed by atoms with van der Waals surface area (Å²) in [6, 6.07) is 6.66. The summed E-state index contributed by atoms with van der Waals surface area (Å²) in [7, 11) is -3.63. The molecule has 9 nitrogen and oxygen atoms in total. The maximum atomic E-state index is 12.7. The lowest BCUT2D eigenvalue weighted by Crippen LogP contribution is -2.51. The van der Waals surface area contributed by atoms with E-state index >= 15 is 0 Å². The van der Waals surface area contributed by atoms with Crippen LogP contribution < -0.4 is 4.72 Å². The van der Waals surface area contributed by atoms with Crippen molar-refractivity contribution in [1.82, 2.24) is 29.8 Å². The number of nitrogens with one attached hydrogen (secondary N) is 1. The Kier molecular flexibility index (Phi) is 5.97. The standard InChI is InChI=1S/C16H24N6O3S/c1-13(2)16(21-6-8-25-9-7-21)11-18-26(23,24)15-5-3-4-14(10-15)22-12-17-19-20-22/h3-5,10,12-13,16,18H,6-9,11H2,1-2H3. The largest absolute Gasteiger partial charge is 0.379 e. The first-order chi connectivity index (χ1) is 12.5. The average molecular weight is 380 g/mol. The summed E-state index contributed by atoms with van der Waals surface area (Å²) in [6.07, 6.45) is 1.42. The number of hydrogen-bond acceptors (Lipinski definition) is 7. The van der Waals surface area contributed by atoms with Gasteiger partial charge in [-0.2, -0.15) is 0 Å². The monoisotopic (exact) mass is 380 g/mol. The van der Waals surface area contributed by atoms with Gasteiger partial charge in [-0.1, -0.05) is 19.9 Å². The van der Waals surface area contributed by atoms with Gasteiger partial charge in [0.1, 0.15) is 6.33 Å². The second kappa shape index (κ2) is 8.21. The number of nitrogens with zero attached hydrogens (tertiary/aromatic N) is 5. The molecule has 1 aliphatic heterocycles. The zero-order valence-electron chi connectivity index (χ0n) is 14.9. The van der Waals surface area contributed by atoms with E-state index in [-0.39, 0.29) is 10.9 Å². The van der Waals surface area contributed by atoms with Gasteiger partial charge in [0.25, 0.3) is 0 Å². The van der Waals surface area contributed by atoms with E-state index in [0.29, 0.717) is 31.4 Å². The smallest absolute Gasteiger partial charge is 0.240 e. The fraction of sp³-hybridized carbons (Fsp3) is 0.562. The third-order valence-corrected chi connectivity index (χ3v) is 5.93. The van der Waals surface area contributed by atoms with Crippen molar-refractivity contribution in [3.05, 3.63) is 30.6 Å². The normalized spacial score (nSPS) is 17.5. The van der Waals surface area contributed by atoms with Crippen LogP contribution in [-0.2, 0) is 14.8 Å². The van der Waals surface area contributed by atoms with E-state index in [1.54, 1.807) is 24.3 Å². The van der Waals surface area contributed by atoms with Crippen molar-refractivity contribution in [3.8, 4) is 5.69 Å². The Bertz CT molecular complexity index is 803. The lowest BCUT2D eigenvalue weighted by Gasteiger charge is -2.36. The third-order valence-electron chi connectivity index (χ3n) is 4.51. The predicted molar refractivity (Wildman–Crippen MR) is 95.4 cm³/mol. The van der Waals surface area contributed by atoms with Crippen molar-refractivity contribution < 1.29 is 13.2 Å². The van der Waals surface area contributed by atoms with Gasteiger partial charge in [0.2, 0.25) is 10.0 Å². The van der Waals surface area contributed by atoms with Gasteiger partial charge >= 0.3 is 0 Å². The van der Waals surface area contributed by atoms with Crippen LogP contribution in [0, 0.1) is 5.92 Å². The first-order valence-corrected chi connectivity index (χ1v) is 10.1. The van der Waals surface area contributed by atoms with Gasteiger partial charge in [-0.3, -0.25) is 4.90 Å². The van der Waals surface area contributed by atoms with Crippen LogP contribution in [0.1, 0.15) is 13.8 Å². The number of sulfonamides is 1. The number of tetrazole rings is 1. The molecule has 0 spiro atoms. The molecule has 1 unspecified atom stereocenters. The third kappa shape index (κ3) is 4.44. The molecule has 1 saturated heterocycles. The fourth-order valence-electron chi connectivity index (χ4n) is 3.05. The summed E-state index contributed by atoms with van der Waals surface area (Å²) >= 11 is 0. The van der Waals surface area contributed by atoms with Crippen LogP contribution in [0.4, 0.5) is 0 Å². The van der Waals surface area contributed by atoms with E-state index in [1.807, 2.05) is 0 Å². The van der Waals surface area contributed by atoms with Crippen LogP contribution >= 0.6 is 0 Å². The number of hydrogen-bond donors (Lipinski definition) is 1. The molecule has 1 atom stereocenters. The molecule has 2 aromatic rings.